The molecule has 0 unspecified atom stereocenters. The lowest BCUT2D eigenvalue weighted by atomic mass is 9.97. The van der Waals surface area contributed by atoms with Gasteiger partial charge in [-0.1, -0.05) is 35.9 Å². The van der Waals surface area contributed by atoms with E-state index >= 15 is 0 Å². The number of hydrogen-bond donors (Lipinski definition) is 1. The van der Waals surface area contributed by atoms with E-state index in [1.54, 1.807) is 54.1 Å². The van der Waals surface area contributed by atoms with Crippen molar-refractivity contribution in [3.63, 3.8) is 0 Å². The van der Waals surface area contributed by atoms with Gasteiger partial charge in [0, 0.05) is 21.0 Å². The average Bonchev–Trinajstić information content (AvgIpc) is 3.20. The van der Waals surface area contributed by atoms with Crippen LogP contribution in [0.25, 0.3) is 15.9 Å². The van der Waals surface area contributed by atoms with Gasteiger partial charge in [-0.2, -0.15) is 5.10 Å². The van der Waals surface area contributed by atoms with Crippen LogP contribution in [0.5, 0.6) is 0 Å². The number of carbonyl (C=O) groups excluding carboxylic acids is 1. The summed E-state index contributed by atoms with van der Waals surface area (Å²) in [4.78, 5) is 32.5. The highest BCUT2D eigenvalue weighted by Gasteiger charge is 2.20. The summed E-state index contributed by atoms with van der Waals surface area (Å²) in [6.07, 6.45) is 7.22. The molecule has 1 aliphatic rings. The van der Waals surface area contributed by atoms with E-state index in [1.165, 1.54) is 15.7 Å². The van der Waals surface area contributed by atoms with Crippen LogP contribution in [0.2, 0.25) is 5.02 Å². The highest BCUT2D eigenvalue weighted by atomic mass is 35.5. The Kier molecular flexibility index (Phi) is 5.59. The molecule has 0 atom stereocenters. The standard InChI is InChI=1S/C24H19ClN4O2S/c25-19-10-3-1-6-16(19)13-27-28-22(30)15-7-5-8-17(12-15)29-14-26-23-21(24(29)31)18-9-2-4-11-20(18)32-23/h1,3,5-8,10,12-14H,2,4,9,11H2,(H,28,30)/b27-13+. The molecule has 32 heavy (non-hydrogen) atoms. The summed E-state index contributed by atoms with van der Waals surface area (Å²) in [6, 6.07) is 14.1. The van der Waals surface area contributed by atoms with Crippen LogP contribution in [-0.4, -0.2) is 21.7 Å². The molecule has 0 spiro atoms. The third kappa shape index (κ3) is 3.85. The number of rotatable bonds is 4. The molecule has 1 amide bonds. The van der Waals surface area contributed by atoms with Crippen LogP contribution < -0.4 is 11.0 Å². The normalized spacial score (nSPS) is 13.4. The number of nitrogens with one attached hydrogen (secondary N) is 1. The first kappa shape index (κ1) is 20.6. The Morgan fingerprint density at radius 1 is 1.16 bits per heavy atom. The molecule has 0 fully saturated rings. The Balaban J connectivity index is 1.43. The topological polar surface area (TPSA) is 76.3 Å². The molecule has 1 aliphatic carbocycles. The zero-order valence-corrected chi connectivity index (χ0v) is 18.6. The van der Waals surface area contributed by atoms with Crippen molar-refractivity contribution in [1.29, 1.82) is 0 Å². The van der Waals surface area contributed by atoms with Gasteiger partial charge in [-0.25, -0.2) is 10.4 Å². The summed E-state index contributed by atoms with van der Waals surface area (Å²) in [7, 11) is 0. The van der Waals surface area contributed by atoms with E-state index in [9.17, 15) is 9.59 Å². The summed E-state index contributed by atoms with van der Waals surface area (Å²) in [5.41, 5.74) is 5.23. The largest absolute Gasteiger partial charge is 0.271 e. The predicted molar refractivity (Wildman–Crippen MR) is 128 cm³/mol. The third-order valence-electron chi connectivity index (χ3n) is 5.54. The molecule has 1 N–H and O–H groups in total. The van der Waals surface area contributed by atoms with Crippen LogP contribution in [0.1, 0.15) is 39.2 Å². The molecular formula is C24H19ClN4O2S. The maximum absolute atomic E-state index is 13.3. The molecule has 8 heteroatoms. The van der Waals surface area contributed by atoms with Gasteiger partial charge in [0.1, 0.15) is 11.2 Å². The number of benzene rings is 2. The Labute approximate surface area is 193 Å². The molecular weight excluding hydrogens is 444 g/mol. The highest BCUT2D eigenvalue weighted by Crippen LogP contribution is 2.33. The second kappa shape index (κ2) is 8.68. The predicted octanol–water partition coefficient (Wildman–Crippen LogP) is 4.74. The minimum atomic E-state index is -0.384. The van der Waals surface area contributed by atoms with Crippen molar-refractivity contribution in [2.45, 2.75) is 25.7 Å². The molecule has 2 aromatic carbocycles. The lowest BCUT2D eigenvalue weighted by molar-refractivity contribution is 0.0955. The molecule has 2 heterocycles. The van der Waals surface area contributed by atoms with E-state index in [0.29, 0.717) is 27.2 Å². The lowest BCUT2D eigenvalue weighted by Crippen LogP contribution is -2.21. The molecule has 0 saturated carbocycles. The van der Waals surface area contributed by atoms with E-state index in [4.69, 9.17) is 11.6 Å². The number of hydrazone groups is 1. The fourth-order valence-corrected chi connectivity index (χ4v) is 5.34. The van der Waals surface area contributed by atoms with Gasteiger partial charge in [-0.05, 0) is 55.5 Å². The number of thiophene rings is 1. The first-order valence-electron chi connectivity index (χ1n) is 10.3. The number of carbonyl (C=O) groups is 1. The quantitative estimate of drug-likeness (QED) is 0.351. The lowest BCUT2D eigenvalue weighted by Gasteiger charge is -2.11. The van der Waals surface area contributed by atoms with Crippen molar-refractivity contribution in [1.82, 2.24) is 15.0 Å². The number of nitrogens with zero attached hydrogens (tertiary/aromatic N) is 3. The van der Waals surface area contributed by atoms with Crippen LogP contribution in [0, 0.1) is 0 Å². The number of halogens is 1. The summed E-state index contributed by atoms with van der Waals surface area (Å²) >= 11 is 7.72. The van der Waals surface area contributed by atoms with Crippen LogP contribution in [0.4, 0.5) is 0 Å². The van der Waals surface area contributed by atoms with Crippen LogP contribution in [-0.2, 0) is 12.8 Å². The fourth-order valence-electron chi connectivity index (χ4n) is 3.93. The summed E-state index contributed by atoms with van der Waals surface area (Å²) in [6.45, 7) is 0. The van der Waals surface area contributed by atoms with Gasteiger partial charge in [-0.15, -0.1) is 11.3 Å². The Morgan fingerprint density at radius 3 is 2.88 bits per heavy atom. The van der Waals surface area contributed by atoms with Gasteiger partial charge in [-0.3, -0.25) is 14.2 Å². The average molecular weight is 463 g/mol. The van der Waals surface area contributed by atoms with Crippen molar-refractivity contribution < 1.29 is 4.79 Å². The second-order valence-corrected chi connectivity index (χ2v) is 9.07. The van der Waals surface area contributed by atoms with Crippen molar-refractivity contribution in [3.05, 3.63) is 91.8 Å². The van der Waals surface area contributed by atoms with Crippen molar-refractivity contribution in [3.8, 4) is 5.69 Å². The second-order valence-electron chi connectivity index (χ2n) is 7.58. The van der Waals surface area contributed by atoms with Gasteiger partial charge in [0.2, 0.25) is 0 Å². The minimum absolute atomic E-state index is 0.0938. The highest BCUT2D eigenvalue weighted by molar-refractivity contribution is 7.18. The number of fused-ring (bicyclic) bond motifs is 3. The van der Waals surface area contributed by atoms with Gasteiger partial charge >= 0.3 is 0 Å². The van der Waals surface area contributed by atoms with E-state index in [1.807, 2.05) is 12.1 Å². The Hall–Kier alpha value is -3.29. The van der Waals surface area contributed by atoms with Gasteiger partial charge in [0.05, 0.1) is 17.3 Å². The first-order valence-corrected chi connectivity index (χ1v) is 11.5. The van der Waals surface area contributed by atoms with Crippen molar-refractivity contribution >= 4 is 45.3 Å². The van der Waals surface area contributed by atoms with Crippen LogP contribution in [0.3, 0.4) is 0 Å². The van der Waals surface area contributed by atoms with Gasteiger partial charge in [0.25, 0.3) is 11.5 Å². The van der Waals surface area contributed by atoms with Gasteiger partial charge < -0.3 is 0 Å². The maximum Gasteiger partial charge on any atom is 0.271 e. The zero-order chi connectivity index (χ0) is 22.1. The molecule has 6 nitrogen and oxygen atoms in total. The molecule has 0 aliphatic heterocycles. The van der Waals surface area contributed by atoms with Crippen molar-refractivity contribution in [2.75, 3.05) is 0 Å². The molecule has 2 aromatic heterocycles. The van der Waals surface area contributed by atoms with E-state index < -0.39 is 0 Å². The fraction of sp³-hybridized carbons (Fsp3) is 0.167. The molecule has 5 rings (SSSR count). The maximum atomic E-state index is 13.3. The number of aryl methyl sites for hydroxylation is 2. The Bertz CT molecular complexity index is 1420. The third-order valence-corrected chi connectivity index (χ3v) is 7.08. The molecule has 0 saturated heterocycles. The smallest absolute Gasteiger partial charge is 0.268 e. The van der Waals surface area contributed by atoms with Crippen LogP contribution >= 0.6 is 22.9 Å². The summed E-state index contributed by atoms with van der Waals surface area (Å²) in [5.74, 6) is -0.384. The van der Waals surface area contributed by atoms with Crippen molar-refractivity contribution in [2.24, 2.45) is 5.10 Å². The summed E-state index contributed by atoms with van der Waals surface area (Å²) in [5, 5.41) is 5.25. The van der Waals surface area contributed by atoms with E-state index in [-0.39, 0.29) is 11.5 Å². The SMILES string of the molecule is O=C(N/N=C/c1ccccc1Cl)c1cccc(-n2cnc3sc4c(c3c2=O)CCCC4)c1. The molecule has 160 valence electrons. The van der Waals surface area contributed by atoms with E-state index in [2.05, 4.69) is 15.5 Å². The first-order chi connectivity index (χ1) is 15.6. The molecule has 0 bridgehead atoms. The molecule has 0 radical (unpaired) electrons. The summed E-state index contributed by atoms with van der Waals surface area (Å²) < 4.78 is 1.51. The van der Waals surface area contributed by atoms with E-state index in [0.717, 1.165) is 36.1 Å². The monoisotopic (exact) mass is 462 g/mol. The molecule has 4 aromatic rings. The minimum Gasteiger partial charge on any atom is -0.268 e. The Morgan fingerprint density at radius 2 is 2.00 bits per heavy atom. The number of hydrogen-bond acceptors (Lipinski definition) is 5. The van der Waals surface area contributed by atoms with Crippen LogP contribution in [0.15, 0.2) is 64.8 Å². The van der Waals surface area contributed by atoms with Gasteiger partial charge in [0.15, 0.2) is 0 Å². The number of amides is 1. The zero-order valence-electron chi connectivity index (χ0n) is 17.0. The number of aromatic nitrogens is 2.